The van der Waals surface area contributed by atoms with E-state index in [1.165, 1.54) is 12.3 Å². The molecule has 0 aliphatic rings. The number of furan rings is 1. The summed E-state index contributed by atoms with van der Waals surface area (Å²) in [7, 11) is 0. The van der Waals surface area contributed by atoms with E-state index in [0.29, 0.717) is 5.76 Å². The minimum absolute atomic E-state index is 0.0153. The number of carboxylic acid groups (broad SMARTS) is 1. The third-order valence-electron chi connectivity index (χ3n) is 2.00. The zero-order chi connectivity index (χ0) is 10.8. The fraction of sp³-hybridized carbons (Fsp3) is 0.0909. The number of rotatable bonds is 2. The van der Waals surface area contributed by atoms with Crippen molar-refractivity contribution in [3.63, 3.8) is 0 Å². The Bertz CT molecular complexity index is 502. The van der Waals surface area contributed by atoms with E-state index in [-0.39, 0.29) is 5.69 Å². The van der Waals surface area contributed by atoms with Crippen LogP contribution in [0.3, 0.4) is 0 Å². The molecule has 4 heteroatoms. The van der Waals surface area contributed by atoms with Gasteiger partial charge in [-0.25, -0.2) is 9.78 Å². The quantitative estimate of drug-likeness (QED) is 0.813. The van der Waals surface area contributed by atoms with E-state index in [1.54, 1.807) is 12.1 Å². The average molecular weight is 203 g/mol. The van der Waals surface area contributed by atoms with Crippen LogP contribution < -0.4 is 0 Å². The number of nitrogens with zero attached hydrogens (tertiary/aromatic N) is 1. The number of carboxylic acids is 1. The van der Waals surface area contributed by atoms with Crippen molar-refractivity contribution in [1.82, 2.24) is 4.98 Å². The summed E-state index contributed by atoms with van der Waals surface area (Å²) in [5.41, 5.74) is 0.733. The smallest absolute Gasteiger partial charge is 0.354 e. The van der Waals surface area contributed by atoms with Crippen LogP contribution >= 0.6 is 0 Å². The summed E-state index contributed by atoms with van der Waals surface area (Å²) in [5.74, 6) is 0.399. The summed E-state index contributed by atoms with van der Waals surface area (Å²) in [6, 6.07) is 6.83. The maximum atomic E-state index is 10.7. The number of hydrogen-bond acceptors (Lipinski definition) is 3. The molecule has 2 heterocycles. The standard InChI is InChI=1S/C11H9NO3/c1-7-2-3-10(15-7)8-4-5-12-9(6-8)11(13)14/h2-6H,1H3,(H,13,14). The largest absolute Gasteiger partial charge is 0.477 e. The van der Waals surface area contributed by atoms with Crippen molar-refractivity contribution in [3.05, 3.63) is 41.9 Å². The van der Waals surface area contributed by atoms with Gasteiger partial charge in [-0.05, 0) is 31.2 Å². The van der Waals surface area contributed by atoms with Crippen LogP contribution in [0.15, 0.2) is 34.9 Å². The van der Waals surface area contributed by atoms with E-state index in [9.17, 15) is 4.79 Å². The van der Waals surface area contributed by atoms with Crippen LogP contribution in [0.2, 0.25) is 0 Å². The van der Waals surface area contributed by atoms with Crippen LogP contribution in [0.1, 0.15) is 16.2 Å². The zero-order valence-corrected chi connectivity index (χ0v) is 8.10. The first kappa shape index (κ1) is 9.45. The molecule has 15 heavy (non-hydrogen) atoms. The highest BCUT2D eigenvalue weighted by Crippen LogP contribution is 2.21. The second-order valence-electron chi connectivity index (χ2n) is 3.15. The molecule has 0 fully saturated rings. The molecule has 2 rings (SSSR count). The minimum atomic E-state index is -1.04. The lowest BCUT2D eigenvalue weighted by Crippen LogP contribution is -1.99. The topological polar surface area (TPSA) is 63.3 Å². The van der Waals surface area contributed by atoms with Gasteiger partial charge in [0.1, 0.15) is 17.2 Å². The van der Waals surface area contributed by atoms with Gasteiger partial charge in [-0.1, -0.05) is 0 Å². The Balaban J connectivity index is 2.45. The number of pyridine rings is 1. The molecule has 2 aromatic heterocycles. The van der Waals surface area contributed by atoms with E-state index in [0.717, 1.165) is 11.3 Å². The second kappa shape index (κ2) is 3.57. The third-order valence-corrected chi connectivity index (χ3v) is 2.00. The van der Waals surface area contributed by atoms with Crippen LogP contribution in [-0.4, -0.2) is 16.1 Å². The van der Waals surface area contributed by atoms with Crippen molar-refractivity contribution >= 4 is 5.97 Å². The van der Waals surface area contributed by atoms with Crippen molar-refractivity contribution in [2.45, 2.75) is 6.92 Å². The first-order valence-corrected chi connectivity index (χ1v) is 4.43. The van der Waals surface area contributed by atoms with Crippen molar-refractivity contribution < 1.29 is 14.3 Å². The lowest BCUT2D eigenvalue weighted by Gasteiger charge is -1.97. The van der Waals surface area contributed by atoms with Crippen LogP contribution in [-0.2, 0) is 0 Å². The number of aryl methyl sites for hydroxylation is 1. The Morgan fingerprint density at radius 2 is 2.20 bits per heavy atom. The summed E-state index contributed by atoms with van der Waals surface area (Å²) in [6.45, 7) is 1.84. The van der Waals surface area contributed by atoms with Gasteiger partial charge in [0, 0.05) is 11.8 Å². The molecule has 0 aliphatic heterocycles. The van der Waals surface area contributed by atoms with Gasteiger partial charge in [0.25, 0.3) is 0 Å². The molecular formula is C11H9NO3. The van der Waals surface area contributed by atoms with Crippen LogP contribution in [0.5, 0.6) is 0 Å². The highest BCUT2D eigenvalue weighted by Gasteiger charge is 2.08. The Labute approximate surface area is 86.2 Å². The van der Waals surface area contributed by atoms with Gasteiger partial charge in [0.05, 0.1) is 0 Å². The molecule has 0 amide bonds. The molecule has 4 nitrogen and oxygen atoms in total. The van der Waals surface area contributed by atoms with E-state index < -0.39 is 5.97 Å². The molecule has 2 aromatic rings. The lowest BCUT2D eigenvalue weighted by molar-refractivity contribution is 0.0690. The highest BCUT2D eigenvalue weighted by molar-refractivity contribution is 5.86. The fourth-order valence-corrected chi connectivity index (χ4v) is 1.29. The molecule has 1 N–H and O–H groups in total. The molecule has 0 unspecified atom stereocenters. The molecule has 0 saturated heterocycles. The molecule has 0 aliphatic carbocycles. The average Bonchev–Trinajstić information content (AvgIpc) is 2.65. The normalized spacial score (nSPS) is 10.2. The summed E-state index contributed by atoms with van der Waals surface area (Å²) in [6.07, 6.45) is 1.46. The predicted octanol–water partition coefficient (Wildman–Crippen LogP) is 2.35. The van der Waals surface area contributed by atoms with Gasteiger partial charge in [0.2, 0.25) is 0 Å². The third kappa shape index (κ3) is 1.88. The van der Waals surface area contributed by atoms with Crippen molar-refractivity contribution in [1.29, 1.82) is 0 Å². The molecule has 0 spiro atoms. The Morgan fingerprint density at radius 3 is 2.80 bits per heavy atom. The molecule has 0 radical (unpaired) electrons. The maximum Gasteiger partial charge on any atom is 0.354 e. The lowest BCUT2D eigenvalue weighted by atomic mass is 10.2. The minimum Gasteiger partial charge on any atom is -0.477 e. The predicted molar refractivity (Wildman–Crippen MR) is 53.6 cm³/mol. The molecular weight excluding hydrogens is 194 g/mol. The van der Waals surface area contributed by atoms with E-state index in [2.05, 4.69) is 4.98 Å². The van der Waals surface area contributed by atoms with E-state index in [1.807, 2.05) is 13.0 Å². The maximum absolute atomic E-state index is 10.7. The highest BCUT2D eigenvalue weighted by atomic mass is 16.4. The second-order valence-corrected chi connectivity index (χ2v) is 3.15. The summed E-state index contributed by atoms with van der Waals surface area (Å²) in [4.78, 5) is 14.4. The monoisotopic (exact) mass is 203 g/mol. The first-order chi connectivity index (χ1) is 7.16. The number of aromatic nitrogens is 1. The molecule has 0 saturated carbocycles. The van der Waals surface area contributed by atoms with E-state index in [4.69, 9.17) is 9.52 Å². The van der Waals surface area contributed by atoms with Gasteiger partial charge < -0.3 is 9.52 Å². The van der Waals surface area contributed by atoms with Crippen molar-refractivity contribution in [2.75, 3.05) is 0 Å². The Morgan fingerprint density at radius 1 is 1.40 bits per heavy atom. The zero-order valence-electron chi connectivity index (χ0n) is 8.10. The van der Waals surface area contributed by atoms with Gasteiger partial charge in [-0.15, -0.1) is 0 Å². The molecule has 0 aromatic carbocycles. The van der Waals surface area contributed by atoms with Crippen LogP contribution in [0.4, 0.5) is 0 Å². The Kier molecular flexibility index (Phi) is 2.25. The molecule has 0 bridgehead atoms. The first-order valence-electron chi connectivity index (χ1n) is 4.43. The van der Waals surface area contributed by atoms with Crippen LogP contribution in [0, 0.1) is 6.92 Å². The molecule has 76 valence electrons. The summed E-state index contributed by atoms with van der Waals surface area (Å²) >= 11 is 0. The van der Waals surface area contributed by atoms with Gasteiger partial charge in [-0.3, -0.25) is 0 Å². The SMILES string of the molecule is Cc1ccc(-c2ccnc(C(=O)O)c2)o1. The van der Waals surface area contributed by atoms with Crippen molar-refractivity contribution in [3.8, 4) is 11.3 Å². The number of carbonyl (C=O) groups is 1. The van der Waals surface area contributed by atoms with Gasteiger partial charge in [-0.2, -0.15) is 0 Å². The van der Waals surface area contributed by atoms with Crippen LogP contribution in [0.25, 0.3) is 11.3 Å². The van der Waals surface area contributed by atoms with Gasteiger partial charge >= 0.3 is 5.97 Å². The summed E-state index contributed by atoms with van der Waals surface area (Å²) < 4.78 is 5.38. The number of aromatic carboxylic acids is 1. The number of hydrogen-bond donors (Lipinski definition) is 1. The Hall–Kier alpha value is -2.10. The molecule has 0 atom stereocenters. The summed E-state index contributed by atoms with van der Waals surface area (Å²) in [5, 5.41) is 8.77. The fourth-order valence-electron chi connectivity index (χ4n) is 1.29. The van der Waals surface area contributed by atoms with Gasteiger partial charge in [0.15, 0.2) is 0 Å². The van der Waals surface area contributed by atoms with Crippen molar-refractivity contribution in [2.24, 2.45) is 0 Å². The van der Waals surface area contributed by atoms with E-state index >= 15 is 0 Å².